The highest BCUT2D eigenvalue weighted by Crippen LogP contribution is 2.33. The molecule has 0 amide bonds. The zero-order valence-electron chi connectivity index (χ0n) is 20.5. The first-order chi connectivity index (χ1) is 18.6. The Morgan fingerprint density at radius 3 is 2.26 bits per heavy atom. The van der Waals surface area contributed by atoms with Crippen LogP contribution in [0.25, 0.3) is 5.69 Å². The average molecular weight is 539 g/mol. The quantitative estimate of drug-likeness (QED) is 0.202. The van der Waals surface area contributed by atoms with Crippen molar-refractivity contribution in [2.45, 2.75) is 6.61 Å². The van der Waals surface area contributed by atoms with E-state index < -0.39 is 0 Å². The number of hydrogen-bond donors (Lipinski definition) is 2. The molecule has 3 heterocycles. The molecule has 38 heavy (non-hydrogen) atoms. The summed E-state index contributed by atoms with van der Waals surface area (Å²) in [6, 6.07) is 14.3. The Morgan fingerprint density at radius 2 is 1.61 bits per heavy atom. The van der Waals surface area contributed by atoms with Gasteiger partial charge >= 0.3 is 0 Å². The van der Waals surface area contributed by atoms with Gasteiger partial charge in [0.15, 0.2) is 23.0 Å². The number of benzene rings is 2. The molecule has 2 aliphatic heterocycles. The summed E-state index contributed by atoms with van der Waals surface area (Å²) >= 11 is 5.56. The van der Waals surface area contributed by atoms with Gasteiger partial charge in [-0.15, -0.1) is 11.6 Å². The summed E-state index contributed by atoms with van der Waals surface area (Å²) < 4.78 is 23.3. The van der Waals surface area contributed by atoms with E-state index in [4.69, 9.17) is 35.7 Å². The van der Waals surface area contributed by atoms with Crippen LogP contribution in [-0.2, 0) is 11.4 Å². The molecular formula is C28H27ClN2O7. The lowest BCUT2D eigenvalue weighted by atomic mass is 10.2. The summed E-state index contributed by atoms with van der Waals surface area (Å²) in [7, 11) is 0. The van der Waals surface area contributed by atoms with Crippen LogP contribution in [0.2, 0.25) is 0 Å². The number of carbonyl (C=O) groups is 1. The Hall–Kier alpha value is -4.21. The number of aromatic nitrogens is 1. The van der Waals surface area contributed by atoms with E-state index in [9.17, 15) is 9.59 Å². The molecule has 0 aliphatic carbocycles. The van der Waals surface area contributed by atoms with Gasteiger partial charge < -0.3 is 29.4 Å². The Labute approximate surface area is 224 Å². The fourth-order valence-corrected chi connectivity index (χ4v) is 3.76. The second-order valence-corrected chi connectivity index (χ2v) is 8.32. The topological polar surface area (TPSA) is 108 Å². The van der Waals surface area contributed by atoms with Gasteiger partial charge in [0.05, 0.1) is 18.2 Å². The molecule has 0 spiro atoms. The number of alkyl halides is 1. The highest BCUT2D eigenvalue weighted by Gasteiger charge is 2.13. The predicted molar refractivity (Wildman–Crippen MR) is 144 cm³/mol. The number of fused-ring (bicyclic) bond motifs is 2. The van der Waals surface area contributed by atoms with Crippen LogP contribution in [0.15, 0.2) is 83.4 Å². The number of carbonyl (C=O) groups excluding carboxylic acids is 1. The molecule has 0 fully saturated rings. The summed E-state index contributed by atoms with van der Waals surface area (Å²) in [5, 5.41) is 12.2. The number of nitrogens with one attached hydrogen (secondary N) is 1. The Bertz CT molecular complexity index is 1380. The molecule has 5 rings (SSSR count). The molecule has 0 radical (unpaired) electrons. The molecule has 0 atom stereocenters. The molecule has 0 bridgehead atoms. The monoisotopic (exact) mass is 538 g/mol. The number of hydrogen-bond acceptors (Lipinski definition) is 8. The summed E-state index contributed by atoms with van der Waals surface area (Å²) in [5.41, 5.74) is 2.22. The highest BCUT2D eigenvalue weighted by atomic mass is 35.5. The summed E-state index contributed by atoms with van der Waals surface area (Å²) in [6.45, 7) is 1.91. The Kier molecular flexibility index (Phi) is 9.44. The van der Waals surface area contributed by atoms with Crippen LogP contribution in [0.3, 0.4) is 0 Å². The largest absolute Gasteiger partial charge is 0.486 e. The molecule has 9 nitrogen and oxygen atoms in total. The summed E-state index contributed by atoms with van der Waals surface area (Å²) in [5.74, 6) is 3.00. The number of pyridine rings is 1. The lowest BCUT2D eigenvalue weighted by Crippen LogP contribution is -2.22. The first kappa shape index (κ1) is 26.8. The normalized spacial score (nSPS) is 13.9. The average Bonchev–Trinajstić information content (AvgIpc) is 2.97. The van der Waals surface area contributed by atoms with Crippen LogP contribution in [0.4, 0.5) is 5.69 Å². The van der Waals surface area contributed by atoms with Crippen molar-refractivity contribution in [2.75, 3.05) is 37.6 Å². The molecule has 0 saturated heterocycles. The van der Waals surface area contributed by atoms with Gasteiger partial charge in [-0.2, -0.15) is 0 Å². The number of allylic oxidation sites excluding steroid dienone is 3. The van der Waals surface area contributed by atoms with Crippen LogP contribution in [0.1, 0.15) is 5.56 Å². The second kappa shape index (κ2) is 13.4. The lowest BCUT2D eigenvalue weighted by molar-refractivity contribution is -0.104. The van der Waals surface area contributed by atoms with E-state index in [1.54, 1.807) is 54.9 Å². The van der Waals surface area contributed by atoms with E-state index in [1.165, 1.54) is 4.57 Å². The fourth-order valence-electron chi connectivity index (χ4n) is 3.61. The minimum Gasteiger partial charge on any atom is -0.486 e. The van der Waals surface area contributed by atoms with Gasteiger partial charge in [-0.3, -0.25) is 14.2 Å². The Balaban J connectivity index is 0.000000177. The van der Waals surface area contributed by atoms with Crippen molar-refractivity contribution in [2.24, 2.45) is 0 Å². The van der Waals surface area contributed by atoms with Crippen LogP contribution >= 0.6 is 11.6 Å². The smallest absolute Gasteiger partial charge is 0.260 e. The van der Waals surface area contributed by atoms with Crippen LogP contribution in [-0.4, -0.2) is 48.3 Å². The minimum absolute atomic E-state index is 0.206. The van der Waals surface area contributed by atoms with E-state index in [0.717, 1.165) is 23.5 Å². The molecule has 10 heteroatoms. The molecule has 2 N–H and O–H groups in total. The van der Waals surface area contributed by atoms with E-state index >= 15 is 0 Å². The van der Waals surface area contributed by atoms with E-state index in [2.05, 4.69) is 5.32 Å². The van der Waals surface area contributed by atoms with E-state index in [-0.39, 0.29) is 18.0 Å². The number of rotatable bonds is 7. The summed E-state index contributed by atoms with van der Waals surface area (Å²) in [6.07, 6.45) is 7.50. The number of ether oxygens (including phenoxy) is 4. The predicted octanol–water partition coefficient (Wildman–Crippen LogP) is 3.85. The maximum atomic E-state index is 12.1. The van der Waals surface area contributed by atoms with Crippen LogP contribution in [0, 0.1) is 0 Å². The number of anilines is 1. The maximum absolute atomic E-state index is 12.1. The highest BCUT2D eigenvalue weighted by molar-refractivity contribution is 6.21. The number of aliphatic hydroxyl groups is 1. The van der Waals surface area contributed by atoms with Gasteiger partial charge in [-0.25, -0.2) is 0 Å². The molecule has 2 aromatic carbocycles. The molecule has 198 valence electrons. The molecule has 0 unspecified atom stereocenters. The third-order valence-electron chi connectivity index (χ3n) is 5.50. The van der Waals surface area contributed by atoms with Crippen molar-refractivity contribution in [3.63, 3.8) is 0 Å². The van der Waals surface area contributed by atoms with Crippen molar-refractivity contribution in [1.29, 1.82) is 0 Å². The number of aliphatic hydroxyl groups excluding tert-OH is 1. The summed E-state index contributed by atoms with van der Waals surface area (Å²) in [4.78, 5) is 22.6. The van der Waals surface area contributed by atoms with Gasteiger partial charge in [0.2, 0.25) is 0 Å². The van der Waals surface area contributed by atoms with E-state index in [1.807, 2.05) is 18.2 Å². The van der Waals surface area contributed by atoms with Gasteiger partial charge in [-0.1, -0.05) is 6.08 Å². The van der Waals surface area contributed by atoms with Gasteiger partial charge in [0.25, 0.3) is 5.56 Å². The lowest BCUT2D eigenvalue weighted by Gasteiger charge is -2.19. The molecular weight excluding hydrogens is 512 g/mol. The SMILES string of the molecule is O=C/C(=C\C=C/Nc1ccc2c(c1)OCCO2)CCl.O=c1c(CO)cccn1-c1ccc2c(c1)OCCO2. The van der Waals surface area contributed by atoms with Crippen LogP contribution in [0.5, 0.6) is 23.0 Å². The van der Waals surface area contributed by atoms with Crippen molar-refractivity contribution >= 4 is 23.6 Å². The van der Waals surface area contributed by atoms with Gasteiger partial charge in [0, 0.05) is 41.4 Å². The first-order valence-corrected chi connectivity index (χ1v) is 12.4. The van der Waals surface area contributed by atoms with Crippen molar-refractivity contribution in [3.8, 4) is 28.7 Å². The van der Waals surface area contributed by atoms with Crippen LogP contribution < -0.4 is 29.8 Å². The zero-order valence-corrected chi connectivity index (χ0v) is 21.2. The third kappa shape index (κ3) is 6.76. The first-order valence-electron chi connectivity index (χ1n) is 11.9. The maximum Gasteiger partial charge on any atom is 0.260 e. The number of aldehydes is 1. The molecule has 3 aromatic rings. The minimum atomic E-state index is -0.274. The van der Waals surface area contributed by atoms with E-state index in [0.29, 0.717) is 54.8 Å². The third-order valence-corrected chi connectivity index (χ3v) is 5.81. The fraction of sp³-hybridized carbons (Fsp3) is 0.214. The number of nitrogens with zero attached hydrogens (tertiary/aromatic N) is 1. The second-order valence-electron chi connectivity index (χ2n) is 8.05. The number of halogens is 1. The van der Waals surface area contributed by atoms with Crippen molar-refractivity contribution in [3.05, 3.63) is 94.6 Å². The van der Waals surface area contributed by atoms with Crippen molar-refractivity contribution in [1.82, 2.24) is 4.57 Å². The molecule has 0 saturated carbocycles. The Morgan fingerprint density at radius 1 is 0.947 bits per heavy atom. The zero-order chi connectivity index (χ0) is 26.7. The van der Waals surface area contributed by atoms with Gasteiger partial charge in [-0.05, 0) is 42.5 Å². The molecule has 2 aliphatic rings. The standard InChI is InChI=1S/C14H14ClNO3.C14H13NO4/c15-9-11(10-17)2-1-5-16-12-3-4-13-14(8-12)19-7-6-18-13;16-9-10-2-1-5-15(14(10)17)11-3-4-12-13(8-11)19-7-6-18-12/h1-5,8,10,16H,6-7,9H2;1-5,8,16H,6-7,9H2/b5-1-,11-2-;. The van der Waals surface area contributed by atoms with Gasteiger partial charge in [0.1, 0.15) is 32.7 Å². The van der Waals surface area contributed by atoms with Crippen molar-refractivity contribution < 1.29 is 28.8 Å². The molecule has 1 aromatic heterocycles.